The number of carbonyl (C=O) groups excluding carboxylic acids is 3. The number of alkyl carbamates (subject to hydrolysis) is 1. The van der Waals surface area contributed by atoms with Gasteiger partial charge in [-0.3, -0.25) is 9.59 Å². The summed E-state index contributed by atoms with van der Waals surface area (Å²) in [5, 5.41) is 2.62. The molecule has 0 heterocycles. The summed E-state index contributed by atoms with van der Waals surface area (Å²) in [6.07, 6.45) is -0.724. The first-order chi connectivity index (χ1) is 12.5. The SMILES string of the molecule is COC(=O)C(C(C)=O)[C@@H](NC(=O)OCc1ccccc1)c1ccccc1. The van der Waals surface area contributed by atoms with Gasteiger partial charge in [-0.15, -0.1) is 0 Å². The Morgan fingerprint density at radius 3 is 2.08 bits per heavy atom. The third-order valence-electron chi connectivity index (χ3n) is 3.87. The molecule has 0 aromatic heterocycles. The van der Waals surface area contributed by atoms with Gasteiger partial charge in [-0.2, -0.15) is 0 Å². The van der Waals surface area contributed by atoms with Gasteiger partial charge in [0.25, 0.3) is 0 Å². The lowest BCUT2D eigenvalue weighted by Gasteiger charge is -2.24. The van der Waals surface area contributed by atoms with Gasteiger partial charge in [0, 0.05) is 0 Å². The molecule has 1 unspecified atom stereocenters. The number of ether oxygens (including phenoxy) is 2. The lowest BCUT2D eigenvalue weighted by Crippen LogP contribution is -2.40. The molecule has 0 bridgehead atoms. The van der Waals surface area contributed by atoms with Gasteiger partial charge < -0.3 is 14.8 Å². The molecule has 0 spiro atoms. The van der Waals surface area contributed by atoms with Crippen molar-refractivity contribution >= 4 is 17.8 Å². The van der Waals surface area contributed by atoms with Crippen molar-refractivity contribution in [2.75, 3.05) is 7.11 Å². The Hall–Kier alpha value is -3.15. The molecule has 0 aliphatic rings. The molecular formula is C20H21NO5. The quantitative estimate of drug-likeness (QED) is 0.610. The van der Waals surface area contributed by atoms with E-state index >= 15 is 0 Å². The van der Waals surface area contributed by atoms with Crippen LogP contribution >= 0.6 is 0 Å². The van der Waals surface area contributed by atoms with Crippen LogP contribution in [0.2, 0.25) is 0 Å². The average molecular weight is 355 g/mol. The first-order valence-electron chi connectivity index (χ1n) is 8.13. The van der Waals surface area contributed by atoms with Gasteiger partial charge in [0.1, 0.15) is 18.3 Å². The minimum absolute atomic E-state index is 0.0805. The molecule has 0 radical (unpaired) electrons. The molecule has 1 amide bonds. The van der Waals surface area contributed by atoms with Crippen LogP contribution < -0.4 is 5.32 Å². The number of amides is 1. The van der Waals surface area contributed by atoms with E-state index in [0.29, 0.717) is 5.56 Å². The summed E-state index contributed by atoms with van der Waals surface area (Å²) in [5.74, 6) is -2.28. The number of benzene rings is 2. The Bertz CT molecular complexity index is 745. The van der Waals surface area contributed by atoms with E-state index in [-0.39, 0.29) is 6.61 Å². The summed E-state index contributed by atoms with van der Waals surface area (Å²) >= 11 is 0. The van der Waals surface area contributed by atoms with E-state index in [1.807, 2.05) is 30.3 Å². The third-order valence-corrected chi connectivity index (χ3v) is 3.87. The summed E-state index contributed by atoms with van der Waals surface area (Å²) in [6.45, 7) is 1.37. The monoisotopic (exact) mass is 355 g/mol. The van der Waals surface area contributed by atoms with Crippen LogP contribution in [0.4, 0.5) is 4.79 Å². The average Bonchev–Trinajstić information content (AvgIpc) is 2.67. The van der Waals surface area contributed by atoms with E-state index in [2.05, 4.69) is 5.32 Å². The normalized spacial score (nSPS) is 12.5. The van der Waals surface area contributed by atoms with E-state index in [4.69, 9.17) is 9.47 Å². The van der Waals surface area contributed by atoms with E-state index in [1.54, 1.807) is 30.3 Å². The van der Waals surface area contributed by atoms with Crippen LogP contribution in [0.5, 0.6) is 0 Å². The highest BCUT2D eigenvalue weighted by Crippen LogP contribution is 2.24. The Kier molecular flexibility index (Phi) is 6.91. The molecule has 0 saturated carbocycles. The number of methoxy groups -OCH3 is 1. The Morgan fingerprint density at radius 2 is 1.54 bits per heavy atom. The molecule has 0 aliphatic carbocycles. The zero-order chi connectivity index (χ0) is 18.9. The molecule has 2 atom stereocenters. The molecule has 6 heteroatoms. The Labute approximate surface area is 152 Å². The van der Waals surface area contributed by atoms with Gasteiger partial charge in [-0.25, -0.2) is 4.79 Å². The molecule has 26 heavy (non-hydrogen) atoms. The highest BCUT2D eigenvalue weighted by Gasteiger charge is 2.35. The van der Waals surface area contributed by atoms with E-state index in [1.165, 1.54) is 14.0 Å². The fourth-order valence-electron chi connectivity index (χ4n) is 2.57. The fourth-order valence-corrected chi connectivity index (χ4v) is 2.57. The minimum atomic E-state index is -1.16. The van der Waals surface area contributed by atoms with Gasteiger partial charge >= 0.3 is 12.1 Å². The van der Waals surface area contributed by atoms with Crippen molar-refractivity contribution in [3.63, 3.8) is 0 Å². The van der Waals surface area contributed by atoms with Crippen molar-refractivity contribution in [3.8, 4) is 0 Å². The molecule has 0 aliphatic heterocycles. The maximum Gasteiger partial charge on any atom is 0.407 e. The molecule has 2 aromatic carbocycles. The van der Waals surface area contributed by atoms with Crippen molar-refractivity contribution < 1.29 is 23.9 Å². The van der Waals surface area contributed by atoms with Crippen molar-refractivity contribution in [2.24, 2.45) is 5.92 Å². The van der Waals surface area contributed by atoms with Gasteiger partial charge in [-0.05, 0) is 18.1 Å². The largest absolute Gasteiger partial charge is 0.468 e. The van der Waals surface area contributed by atoms with Crippen molar-refractivity contribution in [3.05, 3.63) is 71.8 Å². The molecule has 0 fully saturated rings. The number of esters is 1. The first-order valence-corrected chi connectivity index (χ1v) is 8.13. The number of hydrogen-bond donors (Lipinski definition) is 1. The fraction of sp³-hybridized carbons (Fsp3) is 0.250. The van der Waals surface area contributed by atoms with Crippen LogP contribution in [-0.4, -0.2) is 25.0 Å². The third kappa shape index (κ3) is 5.17. The highest BCUT2D eigenvalue weighted by molar-refractivity contribution is 5.99. The highest BCUT2D eigenvalue weighted by atomic mass is 16.5. The maximum atomic E-state index is 12.2. The van der Waals surface area contributed by atoms with Gasteiger partial charge in [0.05, 0.1) is 13.2 Å². The molecule has 0 saturated heterocycles. The van der Waals surface area contributed by atoms with Gasteiger partial charge in [0.15, 0.2) is 0 Å². The van der Waals surface area contributed by atoms with Crippen molar-refractivity contribution in [1.29, 1.82) is 0 Å². The van der Waals surface area contributed by atoms with Crippen molar-refractivity contribution in [2.45, 2.75) is 19.6 Å². The van der Waals surface area contributed by atoms with Crippen LogP contribution in [0.1, 0.15) is 24.1 Å². The van der Waals surface area contributed by atoms with E-state index < -0.39 is 29.8 Å². The predicted octanol–water partition coefficient (Wildman–Crippen LogP) is 3.03. The predicted molar refractivity (Wildman–Crippen MR) is 95.1 cm³/mol. The van der Waals surface area contributed by atoms with Gasteiger partial charge in [0.2, 0.25) is 0 Å². The second kappa shape index (κ2) is 9.36. The van der Waals surface area contributed by atoms with Crippen LogP contribution in [0, 0.1) is 5.92 Å². The Morgan fingerprint density at radius 1 is 0.962 bits per heavy atom. The summed E-state index contributed by atoms with van der Waals surface area (Å²) in [7, 11) is 1.20. The summed E-state index contributed by atoms with van der Waals surface area (Å²) in [6, 6.07) is 17.1. The topological polar surface area (TPSA) is 81.7 Å². The number of nitrogens with one attached hydrogen (secondary N) is 1. The molecule has 6 nitrogen and oxygen atoms in total. The molecule has 136 valence electrons. The van der Waals surface area contributed by atoms with Crippen LogP contribution in [-0.2, 0) is 25.7 Å². The Balaban J connectivity index is 2.17. The second-order valence-electron chi connectivity index (χ2n) is 5.71. The zero-order valence-corrected chi connectivity index (χ0v) is 14.7. The second-order valence-corrected chi connectivity index (χ2v) is 5.71. The minimum Gasteiger partial charge on any atom is -0.468 e. The maximum absolute atomic E-state index is 12.2. The van der Waals surface area contributed by atoms with Gasteiger partial charge in [-0.1, -0.05) is 60.7 Å². The number of ketones is 1. The van der Waals surface area contributed by atoms with Crippen LogP contribution in [0.15, 0.2) is 60.7 Å². The molecule has 1 N–H and O–H groups in total. The number of rotatable bonds is 7. The van der Waals surface area contributed by atoms with Crippen molar-refractivity contribution in [1.82, 2.24) is 5.32 Å². The number of carbonyl (C=O) groups is 3. The standard InChI is InChI=1S/C20H21NO5/c1-14(22)17(19(23)25-2)18(16-11-7-4-8-12-16)21-20(24)26-13-15-9-5-3-6-10-15/h3-12,17-18H,13H2,1-2H3,(H,21,24)/t17?,18-/m0/s1. The first kappa shape index (κ1) is 19.2. The zero-order valence-electron chi connectivity index (χ0n) is 14.7. The van der Waals surface area contributed by atoms with E-state index in [0.717, 1.165) is 5.56 Å². The smallest absolute Gasteiger partial charge is 0.407 e. The molecule has 2 aromatic rings. The number of hydrogen-bond acceptors (Lipinski definition) is 5. The summed E-state index contributed by atoms with van der Waals surface area (Å²) < 4.78 is 9.94. The molecular weight excluding hydrogens is 334 g/mol. The number of Topliss-reactive ketones (excluding diaryl/α,β-unsaturated/α-hetero) is 1. The molecule has 2 rings (SSSR count). The van der Waals surface area contributed by atoms with Crippen LogP contribution in [0.3, 0.4) is 0 Å². The summed E-state index contributed by atoms with van der Waals surface area (Å²) in [5.41, 5.74) is 1.43. The summed E-state index contributed by atoms with van der Waals surface area (Å²) in [4.78, 5) is 36.4. The van der Waals surface area contributed by atoms with Crippen LogP contribution in [0.25, 0.3) is 0 Å². The lowest BCUT2D eigenvalue weighted by molar-refractivity contribution is -0.150. The lowest BCUT2D eigenvalue weighted by atomic mass is 9.90. The van der Waals surface area contributed by atoms with E-state index in [9.17, 15) is 14.4 Å².